The molecule has 3 aromatic rings. The van der Waals surface area contributed by atoms with Gasteiger partial charge in [-0.25, -0.2) is 19.6 Å². The number of benzene rings is 3. The number of rotatable bonds is 12. The van der Waals surface area contributed by atoms with E-state index in [4.69, 9.17) is 19.6 Å². The molecule has 3 rings (SSSR count). The molecule has 0 spiro atoms. The Morgan fingerprint density at radius 2 is 0.853 bits per heavy atom. The summed E-state index contributed by atoms with van der Waals surface area (Å²) in [7, 11) is 0. The molecule has 0 amide bonds. The van der Waals surface area contributed by atoms with E-state index in [9.17, 15) is 0 Å². The maximum absolute atomic E-state index is 6.03. The summed E-state index contributed by atoms with van der Waals surface area (Å²) in [6.07, 6.45) is 1.30. The van der Waals surface area contributed by atoms with E-state index in [1.54, 1.807) is 0 Å². The minimum atomic E-state index is -0.644. The second kappa shape index (κ2) is 11.8. The maximum Gasteiger partial charge on any atom is 0.130 e. The summed E-state index contributed by atoms with van der Waals surface area (Å²) in [5.74, 6) is 0. The zero-order chi connectivity index (χ0) is 24.6. The van der Waals surface area contributed by atoms with E-state index in [-0.39, 0.29) is 12.2 Å². The largest absolute Gasteiger partial charge is 0.233 e. The molecule has 0 saturated heterocycles. The van der Waals surface area contributed by atoms with Crippen molar-refractivity contribution in [1.29, 1.82) is 0 Å². The standard InChI is InChI=1S/C30H38O4/c1-23(2)31-33-29(5,21-25-13-9-7-10-14-25)27-17-19-28(20-18-27)30(6,34-32-24(3)4)22-26-15-11-8-12-16-26/h7-20,23-24H,21-22H2,1-6H3. The topological polar surface area (TPSA) is 36.9 Å². The van der Waals surface area contributed by atoms with Gasteiger partial charge in [0.1, 0.15) is 11.2 Å². The number of hydrogen-bond acceptors (Lipinski definition) is 4. The zero-order valence-corrected chi connectivity index (χ0v) is 21.3. The van der Waals surface area contributed by atoms with Crippen LogP contribution < -0.4 is 0 Å². The first-order valence-corrected chi connectivity index (χ1v) is 12.1. The normalized spacial score (nSPS) is 15.3. The lowest BCUT2D eigenvalue weighted by Gasteiger charge is -2.32. The first-order chi connectivity index (χ1) is 16.2. The molecule has 0 fully saturated rings. The highest BCUT2D eigenvalue weighted by atomic mass is 17.2. The van der Waals surface area contributed by atoms with Crippen molar-refractivity contribution in [3.63, 3.8) is 0 Å². The van der Waals surface area contributed by atoms with Crippen LogP contribution in [0, 0.1) is 0 Å². The highest BCUT2D eigenvalue weighted by Gasteiger charge is 2.33. The summed E-state index contributed by atoms with van der Waals surface area (Å²) in [6.45, 7) is 12.0. The Morgan fingerprint density at radius 3 is 1.15 bits per heavy atom. The number of hydrogen-bond donors (Lipinski definition) is 0. The van der Waals surface area contributed by atoms with E-state index in [2.05, 4.69) is 62.4 Å². The molecule has 3 aromatic carbocycles. The zero-order valence-electron chi connectivity index (χ0n) is 21.3. The summed E-state index contributed by atoms with van der Waals surface area (Å²) >= 11 is 0. The predicted octanol–water partition coefficient (Wildman–Crippen LogP) is 7.32. The Morgan fingerprint density at radius 1 is 0.529 bits per heavy atom. The fourth-order valence-electron chi connectivity index (χ4n) is 3.91. The van der Waals surface area contributed by atoms with Crippen LogP contribution in [0.1, 0.15) is 63.8 Å². The van der Waals surface area contributed by atoms with Gasteiger partial charge in [0.25, 0.3) is 0 Å². The first-order valence-electron chi connectivity index (χ1n) is 12.1. The molecular formula is C30H38O4. The molecule has 0 aromatic heterocycles. The Bertz CT molecular complexity index is 903. The van der Waals surface area contributed by atoms with Gasteiger partial charge in [-0.2, -0.15) is 0 Å². The van der Waals surface area contributed by atoms with Crippen LogP contribution in [0.3, 0.4) is 0 Å². The van der Waals surface area contributed by atoms with Crippen molar-refractivity contribution in [2.24, 2.45) is 0 Å². The lowest BCUT2D eigenvalue weighted by molar-refractivity contribution is -0.381. The quantitative estimate of drug-likeness (QED) is 0.209. The molecule has 0 heterocycles. The monoisotopic (exact) mass is 462 g/mol. The minimum Gasteiger partial charge on any atom is -0.233 e. The van der Waals surface area contributed by atoms with Gasteiger partial charge in [0.05, 0.1) is 12.2 Å². The van der Waals surface area contributed by atoms with Gasteiger partial charge in [0.2, 0.25) is 0 Å². The van der Waals surface area contributed by atoms with Crippen molar-refractivity contribution in [2.75, 3.05) is 0 Å². The Labute approximate surface area is 204 Å². The highest BCUT2D eigenvalue weighted by molar-refractivity contribution is 5.33. The van der Waals surface area contributed by atoms with Crippen molar-refractivity contribution in [2.45, 2.75) is 77.8 Å². The van der Waals surface area contributed by atoms with Crippen molar-refractivity contribution in [1.82, 2.24) is 0 Å². The average Bonchev–Trinajstić information content (AvgIpc) is 2.83. The summed E-state index contributed by atoms with van der Waals surface area (Å²) < 4.78 is 0. The van der Waals surface area contributed by atoms with Crippen LogP contribution in [0.5, 0.6) is 0 Å². The van der Waals surface area contributed by atoms with Crippen LogP contribution in [-0.2, 0) is 43.6 Å². The van der Waals surface area contributed by atoms with Gasteiger partial charge in [0.15, 0.2) is 0 Å². The van der Waals surface area contributed by atoms with Gasteiger partial charge in [-0.15, -0.1) is 0 Å². The first kappa shape index (κ1) is 26.1. The van der Waals surface area contributed by atoms with Crippen LogP contribution in [0.15, 0.2) is 84.9 Å². The third kappa shape index (κ3) is 7.25. The van der Waals surface area contributed by atoms with E-state index in [0.29, 0.717) is 12.8 Å². The molecule has 34 heavy (non-hydrogen) atoms. The third-order valence-electron chi connectivity index (χ3n) is 5.72. The average molecular weight is 463 g/mol. The van der Waals surface area contributed by atoms with Crippen molar-refractivity contribution < 1.29 is 19.6 Å². The van der Waals surface area contributed by atoms with Gasteiger partial charge in [-0.05, 0) is 63.8 Å². The van der Waals surface area contributed by atoms with Crippen molar-refractivity contribution in [3.05, 3.63) is 107 Å². The fourth-order valence-corrected chi connectivity index (χ4v) is 3.91. The molecule has 0 aliphatic rings. The van der Waals surface area contributed by atoms with Crippen LogP contribution in [-0.4, -0.2) is 12.2 Å². The third-order valence-corrected chi connectivity index (χ3v) is 5.72. The molecule has 4 nitrogen and oxygen atoms in total. The molecule has 2 unspecified atom stereocenters. The van der Waals surface area contributed by atoms with Crippen LogP contribution in [0.25, 0.3) is 0 Å². The molecule has 0 N–H and O–H groups in total. The molecule has 0 radical (unpaired) electrons. The van der Waals surface area contributed by atoms with Gasteiger partial charge < -0.3 is 0 Å². The lowest BCUT2D eigenvalue weighted by atomic mass is 9.85. The summed E-state index contributed by atoms with van der Waals surface area (Å²) in [4.78, 5) is 23.3. The van der Waals surface area contributed by atoms with E-state index in [1.165, 1.54) is 11.1 Å². The second-order valence-corrected chi connectivity index (χ2v) is 9.82. The summed E-state index contributed by atoms with van der Waals surface area (Å²) in [5.41, 5.74) is 3.15. The highest BCUT2D eigenvalue weighted by Crippen LogP contribution is 2.35. The van der Waals surface area contributed by atoms with Crippen molar-refractivity contribution >= 4 is 0 Å². The second-order valence-electron chi connectivity index (χ2n) is 9.82. The molecule has 182 valence electrons. The minimum absolute atomic E-state index is 0.0369. The Kier molecular flexibility index (Phi) is 9.03. The lowest BCUT2D eigenvalue weighted by Crippen LogP contribution is -2.32. The summed E-state index contributed by atoms with van der Waals surface area (Å²) in [6, 6.07) is 29.1. The predicted molar refractivity (Wildman–Crippen MR) is 136 cm³/mol. The van der Waals surface area contributed by atoms with E-state index in [1.807, 2.05) is 64.1 Å². The van der Waals surface area contributed by atoms with Gasteiger partial charge in [-0.1, -0.05) is 84.9 Å². The fraction of sp³-hybridized carbons (Fsp3) is 0.400. The molecule has 0 bridgehead atoms. The smallest absolute Gasteiger partial charge is 0.130 e. The molecule has 4 heteroatoms. The Balaban J connectivity index is 1.90. The maximum atomic E-state index is 6.03. The molecule has 2 atom stereocenters. The SMILES string of the molecule is CC(C)OOC(C)(Cc1ccccc1)c1ccc(C(C)(Cc2ccccc2)OOC(C)C)cc1. The molecule has 0 aliphatic heterocycles. The van der Waals surface area contributed by atoms with Crippen LogP contribution >= 0.6 is 0 Å². The Hall–Kier alpha value is -2.50. The van der Waals surface area contributed by atoms with Gasteiger partial charge in [-0.3, -0.25) is 0 Å². The van der Waals surface area contributed by atoms with Crippen LogP contribution in [0.2, 0.25) is 0 Å². The van der Waals surface area contributed by atoms with E-state index in [0.717, 1.165) is 11.1 Å². The van der Waals surface area contributed by atoms with Crippen molar-refractivity contribution in [3.8, 4) is 0 Å². The molecular weight excluding hydrogens is 424 g/mol. The molecule has 0 aliphatic carbocycles. The summed E-state index contributed by atoms with van der Waals surface area (Å²) in [5, 5.41) is 0. The van der Waals surface area contributed by atoms with E-state index < -0.39 is 11.2 Å². The molecule has 0 saturated carbocycles. The van der Waals surface area contributed by atoms with E-state index >= 15 is 0 Å². The van der Waals surface area contributed by atoms with Crippen LogP contribution in [0.4, 0.5) is 0 Å². The van der Waals surface area contributed by atoms with Gasteiger partial charge >= 0.3 is 0 Å². The van der Waals surface area contributed by atoms with Gasteiger partial charge in [0, 0.05) is 12.8 Å².